The summed E-state index contributed by atoms with van der Waals surface area (Å²) in [4.78, 5) is 21.8. The predicted octanol–water partition coefficient (Wildman–Crippen LogP) is 3.36. The standard InChI is InChI=1S/C19H20F3N3O2/c20-19(21,22)16-4-2-8-24-18(16)27-13-14-5-9-25(10-6-14)17(26)11-15-3-1-7-23-12-15/h1-4,7-8,12,14H,5-6,9-11,13H2. The van der Waals surface area contributed by atoms with Crippen LogP contribution in [0.5, 0.6) is 5.88 Å². The summed E-state index contributed by atoms with van der Waals surface area (Å²) in [6, 6.07) is 5.85. The van der Waals surface area contributed by atoms with Crippen LogP contribution in [0, 0.1) is 5.92 Å². The quantitative estimate of drug-likeness (QED) is 0.800. The molecule has 0 aliphatic carbocycles. The first-order valence-electron chi connectivity index (χ1n) is 8.75. The van der Waals surface area contributed by atoms with Crippen molar-refractivity contribution in [1.29, 1.82) is 0 Å². The molecule has 3 rings (SSSR count). The lowest BCUT2D eigenvalue weighted by Gasteiger charge is -2.32. The van der Waals surface area contributed by atoms with Crippen LogP contribution in [0.1, 0.15) is 24.0 Å². The lowest BCUT2D eigenvalue weighted by Crippen LogP contribution is -2.40. The van der Waals surface area contributed by atoms with Crippen LogP contribution in [0.25, 0.3) is 0 Å². The zero-order valence-electron chi connectivity index (χ0n) is 14.7. The zero-order valence-corrected chi connectivity index (χ0v) is 14.7. The summed E-state index contributed by atoms with van der Waals surface area (Å²) < 4.78 is 44.2. The average Bonchev–Trinajstić information content (AvgIpc) is 2.67. The molecule has 2 aromatic heterocycles. The molecule has 5 nitrogen and oxygen atoms in total. The summed E-state index contributed by atoms with van der Waals surface area (Å²) in [7, 11) is 0. The Morgan fingerprint density at radius 2 is 1.93 bits per heavy atom. The van der Waals surface area contributed by atoms with Gasteiger partial charge in [-0.25, -0.2) is 4.98 Å². The van der Waals surface area contributed by atoms with Crippen molar-refractivity contribution in [2.24, 2.45) is 5.92 Å². The van der Waals surface area contributed by atoms with E-state index in [9.17, 15) is 18.0 Å². The molecule has 0 spiro atoms. The Bertz CT molecular complexity index is 760. The molecule has 0 unspecified atom stereocenters. The number of pyridine rings is 2. The van der Waals surface area contributed by atoms with Gasteiger partial charge in [-0.1, -0.05) is 6.07 Å². The number of alkyl halides is 3. The molecule has 1 amide bonds. The van der Waals surface area contributed by atoms with E-state index < -0.39 is 11.7 Å². The van der Waals surface area contributed by atoms with Gasteiger partial charge in [0.2, 0.25) is 11.8 Å². The third-order valence-corrected chi connectivity index (χ3v) is 4.58. The number of aromatic nitrogens is 2. The van der Waals surface area contributed by atoms with Gasteiger partial charge in [-0.15, -0.1) is 0 Å². The topological polar surface area (TPSA) is 55.3 Å². The largest absolute Gasteiger partial charge is 0.477 e. The number of carbonyl (C=O) groups excluding carboxylic acids is 1. The molecule has 144 valence electrons. The summed E-state index contributed by atoms with van der Waals surface area (Å²) in [5.74, 6) is -0.262. The number of carbonyl (C=O) groups is 1. The monoisotopic (exact) mass is 379 g/mol. The van der Waals surface area contributed by atoms with Crippen LogP contribution in [-0.4, -0.2) is 40.5 Å². The minimum atomic E-state index is -4.49. The number of hydrogen-bond donors (Lipinski definition) is 0. The first-order valence-corrected chi connectivity index (χ1v) is 8.75. The van der Waals surface area contributed by atoms with Gasteiger partial charge >= 0.3 is 6.18 Å². The summed E-state index contributed by atoms with van der Waals surface area (Å²) in [6.45, 7) is 1.30. The fraction of sp³-hybridized carbons (Fsp3) is 0.421. The second kappa shape index (κ2) is 8.37. The Labute approximate surface area is 155 Å². The first kappa shape index (κ1) is 19.1. The molecule has 8 heteroatoms. The van der Waals surface area contributed by atoms with Crippen molar-refractivity contribution in [3.05, 3.63) is 54.0 Å². The van der Waals surface area contributed by atoms with Gasteiger partial charge in [0.15, 0.2) is 0 Å². The number of hydrogen-bond acceptors (Lipinski definition) is 4. The van der Waals surface area contributed by atoms with E-state index in [2.05, 4.69) is 9.97 Å². The molecule has 27 heavy (non-hydrogen) atoms. The lowest BCUT2D eigenvalue weighted by atomic mass is 9.97. The number of likely N-dealkylation sites (tertiary alicyclic amines) is 1. The summed E-state index contributed by atoms with van der Waals surface area (Å²) in [5, 5.41) is 0. The van der Waals surface area contributed by atoms with Crippen LogP contribution < -0.4 is 4.74 Å². The highest BCUT2D eigenvalue weighted by Crippen LogP contribution is 2.35. The highest BCUT2D eigenvalue weighted by Gasteiger charge is 2.35. The summed E-state index contributed by atoms with van der Waals surface area (Å²) in [5.41, 5.74) is -0.00290. The molecule has 0 bridgehead atoms. The van der Waals surface area contributed by atoms with Crippen LogP contribution >= 0.6 is 0 Å². The van der Waals surface area contributed by atoms with Gasteiger partial charge in [-0.05, 0) is 42.5 Å². The van der Waals surface area contributed by atoms with Gasteiger partial charge < -0.3 is 9.64 Å². The Morgan fingerprint density at radius 1 is 1.19 bits per heavy atom. The van der Waals surface area contributed by atoms with Crippen LogP contribution in [0.15, 0.2) is 42.9 Å². The number of nitrogens with zero attached hydrogens (tertiary/aromatic N) is 3. The molecule has 0 atom stereocenters. The van der Waals surface area contributed by atoms with E-state index in [-0.39, 0.29) is 24.3 Å². The zero-order chi connectivity index (χ0) is 19.3. The second-order valence-electron chi connectivity index (χ2n) is 6.53. The molecule has 0 N–H and O–H groups in total. The third kappa shape index (κ3) is 5.18. The number of piperidine rings is 1. The third-order valence-electron chi connectivity index (χ3n) is 4.58. The van der Waals surface area contributed by atoms with Gasteiger partial charge in [-0.3, -0.25) is 9.78 Å². The first-order chi connectivity index (χ1) is 12.9. The average molecular weight is 379 g/mol. The molecule has 0 radical (unpaired) electrons. The minimum Gasteiger partial charge on any atom is -0.477 e. The van der Waals surface area contributed by atoms with Crippen LogP contribution in [0.4, 0.5) is 13.2 Å². The molecule has 3 heterocycles. The molecule has 0 aromatic carbocycles. The Morgan fingerprint density at radius 3 is 2.59 bits per heavy atom. The molecular formula is C19H20F3N3O2. The van der Waals surface area contributed by atoms with E-state index in [1.165, 1.54) is 12.3 Å². The normalized spacial score (nSPS) is 15.6. The molecular weight excluding hydrogens is 359 g/mol. The van der Waals surface area contributed by atoms with E-state index in [0.29, 0.717) is 32.4 Å². The van der Waals surface area contributed by atoms with Crippen molar-refractivity contribution in [1.82, 2.24) is 14.9 Å². The molecule has 1 fully saturated rings. The summed E-state index contributed by atoms with van der Waals surface area (Å²) in [6.07, 6.45) is 1.79. The maximum absolute atomic E-state index is 13.0. The van der Waals surface area contributed by atoms with Gasteiger partial charge in [-0.2, -0.15) is 13.2 Å². The maximum atomic E-state index is 13.0. The van der Waals surface area contributed by atoms with E-state index in [4.69, 9.17) is 4.74 Å². The van der Waals surface area contributed by atoms with Gasteiger partial charge in [0.05, 0.1) is 13.0 Å². The van der Waals surface area contributed by atoms with E-state index in [1.54, 1.807) is 23.4 Å². The molecule has 2 aromatic rings. The maximum Gasteiger partial charge on any atom is 0.421 e. The number of ether oxygens (including phenoxy) is 1. The Kier molecular flexibility index (Phi) is 5.93. The van der Waals surface area contributed by atoms with Crippen LogP contribution in [-0.2, 0) is 17.4 Å². The highest BCUT2D eigenvalue weighted by molar-refractivity contribution is 5.78. The Balaban J connectivity index is 1.48. The highest BCUT2D eigenvalue weighted by atomic mass is 19.4. The van der Waals surface area contributed by atoms with Gasteiger partial charge in [0.1, 0.15) is 5.56 Å². The van der Waals surface area contributed by atoms with Crippen molar-refractivity contribution >= 4 is 5.91 Å². The number of halogens is 3. The fourth-order valence-corrected chi connectivity index (χ4v) is 3.06. The van der Waals surface area contributed by atoms with Gasteiger partial charge in [0.25, 0.3) is 0 Å². The van der Waals surface area contributed by atoms with Crippen molar-refractivity contribution in [3.8, 4) is 5.88 Å². The van der Waals surface area contributed by atoms with Crippen LogP contribution in [0.2, 0.25) is 0 Å². The second-order valence-corrected chi connectivity index (χ2v) is 6.53. The van der Waals surface area contributed by atoms with Crippen molar-refractivity contribution in [2.45, 2.75) is 25.4 Å². The van der Waals surface area contributed by atoms with E-state index >= 15 is 0 Å². The fourth-order valence-electron chi connectivity index (χ4n) is 3.06. The van der Waals surface area contributed by atoms with Crippen molar-refractivity contribution < 1.29 is 22.7 Å². The van der Waals surface area contributed by atoms with E-state index in [0.717, 1.165) is 11.6 Å². The van der Waals surface area contributed by atoms with Crippen LogP contribution in [0.3, 0.4) is 0 Å². The van der Waals surface area contributed by atoms with E-state index in [1.807, 2.05) is 6.07 Å². The smallest absolute Gasteiger partial charge is 0.421 e. The number of rotatable bonds is 5. The number of amides is 1. The minimum absolute atomic E-state index is 0.0338. The predicted molar refractivity (Wildman–Crippen MR) is 92.0 cm³/mol. The molecule has 0 saturated carbocycles. The van der Waals surface area contributed by atoms with Crippen molar-refractivity contribution in [3.63, 3.8) is 0 Å². The SMILES string of the molecule is O=C(Cc1cccnc1)N1CCC(COc2ncccc2C(F)(F)F)CC1. The lowest BCUT2D eigenvalue weighted by molar-refractivity contribution is -0.139. The molecule has 1 aliphatic rings. The van der Waals surface area contributed by atoms with Gasteiger partial charge in [0, 0.05) is 31.7 Å². The van der Waals surface area contributed by atoms with Crippen molar-refractivity contribution in [2.75, 3.05) is 19.7 Å². The molecule has 1 aliphatic heterocycles. The Hall–Kier alpha value is -2.64. The molecule has 1 saturated heterocycles. The summed E-state index contributed by atoms with van der Waals surface area (Å²) >= 11 is 0.